The molecule has 2 saturated heterocycles. The van der Waals surface area contributed by atoms with Crippen molar-refractivity contribution in [1.29, 1.82) is 0 Å². The van der Waals surface area contributed by atoms with Crippen LogP contribution in [0.4, 0.5) is 4.79 Å². The molecule has 1 aromatic carbocycles. The SMILES string of the molecule is CCCCOC(=O)N1CC2CC(C)(O)C(C1)N2C(C)(C)c1ccccc1. The van der Waals surface area contributed by atoms with Crippen LogP contribution in [0.3, 0.4) is 0 Å². The highest BCUT2D eigenvalue weighted by molar-refractivity contribution is 5.68. The van der Waals surface area contributed by atoms with E-state index in [1.165, 1.54) is 5.56 Å². The van der Waals surface area contributed by atoms with Gasteiger partial charge >= 0.3 is 6.09 Å². The van der Waals surface area contributed by atoms with Crippen LogP contribution in [0, 0.1) is 0 Å². The third-order valence-electron chi connectivity index (χ3n) is 6.03. The summed E-state index contributed by atoms with van der Waals surface area (Å²) in [6.45, 7) is 9.97. The van der Waals surface area contributed by atoms with E-state index in [2.05, 4.69) is 49.9 Å². The molecule has 0 aliphatic carbocycles. The Balaban J connectivity index is 1.80. The summed E-state index contributed by atoms with van der Waals surface area (Å²) in [7, 11) is 0. The summed E-state index contributed by atoms with van der Waals surface area (Å²) in [4.78, 5) is 16.6. The number of likely N-dealkylation sites (tertiary alicyclic amines) is 1. The molecule has 0 aromatic heterocycles. The van der Waals surface area contributed by atoms with Crippen LogP contribution < -0.4 is 0 Å². The molecule has 3 rings (SSSR count). The first kappa shape index (κ1) is 19.2. The molecule has 1 N–H and O–H groups in total. The quantitative estimate of drug-likeness (QED) is 0.818. The zero-order chi connectivity index (χ0) is 18.9. The molecule has 2 fully saturated rings. The number of benzene rings is 1. The molecule has 3 unspecified atom stereocenters. The first-order chi connectivity index (χ1) is 12.3. The van der Waals surface area contributed by atoms with E-state index < -0.39 is 5.60 Å². The van der Waals surface area contributed by atoms with Gasteiger partial charge in [0.2, 0.25) is 0 Å². The number of hydrogen-bond acceptors (Lipinski definition) is 4. The van der Waals surface area contributed by atoms with Crippen molar-refractivity contribution in [1.82, 2.24) is 9.80 Å². The molecule has 5 heteroatoms. The van der Waals surface area contributed by atoms with Crippen LogP contribution in [-0.4, -0.2) is 58.4 Å². The number of fused-ring (bicyclic) bond motifs is 2. The van der Waals surface area contributed by atoms with Gasteiger partial charge in [-0.2, -0.15) is 0 Å². The van der Waals surface area contributed by atoms with Crippen molar-refractivity contribution >= 4 is 6.09 Å². The van der Waals surface area contributed by atoms with Crippen LogP contribution in [0.5, 0.6) is 0 Å². The summed E-state index contributed by atoms with van der Waals surface area (Å²) in [6.07, 6.45) is 2.32. The van der Waals surface area contributed by atoms with Crippen molar-refractivity contribution < 1.29 is 14.6 Å². The van der Waals surface area contributed by atoms with Gasteiger partial charge in [-0.25, -0.2) is 4.79 Å². The second-order valence-corrected chi connectivity index (χ2v) is 8.44. The number of amides is 1. The summed E-state index contributed by atoms with van der Waals surface area (Å²) in [6, 6.07) is 10.4. The Hall–Kier alpha value is -1.59. The van der Waals surface area contributed by atoms with Gasteiger partial charge in [0.25, 0.3) is 0 Å². The van der Waals surface area contributed by atoms with E-state index in [0.29, 0.717) is 26.1 Å². The first-order valence-electron chi connectivity index (χ1n) is 9.75. The van der Waals surface area contributed by atoms with Crippen LogP contribution in [0.15, 0.2) is 30.3 Å². The molecular formula is C21H32N2O3. The monoisotopic (exact) mass is 360 g/mol. The van der Waals surface area contributed by atoms with Crippen LogP contribution >= 0.6 is 0 Å². The van der Waals surface area contributed by atoms with Gasteiger partial charge in [0.05, 0.1) is 18.2 Å². The largest absolute Gasteiger partial charge is 0.449 e. The van der Waals surface area contributed by atoms with Crippen molar-refractivity contribution in [3.05, 3.63) is 35.9 Å². The first-order valence-corrected chi connectivity index (χ1v) is 9.75. The van der Waals surface area contributed by atoms with Gasteiger partial charge in [-0.15, -0.1) is 0 Å². The Labute approximate surface area is 156 Å². The number of hydrogen-bond donors (Lipinski definition) is 1. The molecule has 144 valence electrons. The average molecular weight is 360 g/mol. The molecule has 0 spiro atoms. The maximum Gasteiger partial charge on any atom is 0.409 e. The Kier molecular flexibility index (Phi) is 5.31. The molecule has 2 bridgehead atoms. The standard InChI is InChI=1S/C21H32N2O3/c1-5-6-12-26-19(24)22-14-17-13-21(4,25)18(15-22)23(17)20(2,3)16-10-8-7-9-11-16/h7-11,17-18,25H,5-6,12-15H2,1-4H3. The van der Waals surface area contributed by atoms with Crippen LogP contribution in [0.1, 0.15) is 52.5 Å². The molecule has 1 amide bonds. The van der Waals surface area contributed by atoms with Gasteiger partial charge in [-0.05, 0) is 39.2 Å². The lowest BCUT2D eigenvalue weighted by Gasteiger charge is -2.50. The van der Waals surface area contributed by atoms with E-state index in [-0.39, 0.29) is 23.7 Å². The molecule has 2 aliphatic rings. The van der Waals surface area contributed by atoms with E-state index >= 15 is 0 Å². The Bertz CT molecular complexity index is 629. The number of piperazine rings is 1. The van der Waals surface area contributed by atoms with Crippen molar-refractivity contribution in [3.63, 3.8) is 0 Å². The van der Waals surface area contributed by atoms with Gasteiger partial charge in [-0.1, -0.05) is 43.7 Å². The summed E-state index contributed by atoms with van der Waals surface area (Å²) < 4.78 is 5.41. The van der Waals surface area contributed by atoms with Crippen molar-refractivity contribution in [2.45, 2.75) is 70.2 Å². The highest BCUT2D eigenvalue weighted by atomic mass is 16.6. The number of carbonyl (C=O) groups is 1. The van der Waals surface area contributed by atoms with Crippen molar-refractivity contribution in [2.75, 3.05) is 19.7 Å². The molecule has 5 nitrogen and oxygen atoms in total. The Morgan fingerprint density at radius 1 is 1.31 bits per heavy atom. The second kappa shape index (κ2) is 7.20. The third kappa shape index (κ3) is 3.47. The summed E-state index contributed by atoms with van der Waals surface area (Å²) in [5, 5.41) is 11.0. The van der Waals surface area contributed by atoms with Gasteiger partial charge in [0.1, 0.15) is 0 Å². The van der Waals surface area contributed by atoms with Crippen LogP contribution in [0.25, 0.3) is 0 Å². The zero-order valence-electron chi connectivity index (χ0n) is 16.4. The lowest BCUT2D eigenvalue weighted by molar-refractivity contribution is -0.0522. The average Bonchev–Trinajstić information content (AvgIpc) is 2.78. The summed E-state index contributed by atoms with van der Waals surface area (Å²) in [5.41, 5.74) is 0.205. The molecule has 1 aromatic rings. The zero-order valence-corrected chi connectivity index (χ0v) is 16.4. The minimum absolute atomic E-state index is 0.102. The number of nitrogens with zero attached hydrogens (tertiary/aromatic N) is 2. The molecule has 0 saturated carbocycles. The number of rotatable bonds is 5. The number of aliphatic hydroxyl groups is 1. The Morgan fingerprint density at radius 3 is 2.62 bits per heavy atom. The fourth-order valence-corrected chi connectivity index (χ4v) is 4.63. The summed E-state index contributed by atoms with van der Waals surface area (Å²) >= 11 is 0. The smallest absolute Gasteiger partial charge is 0.409 e. The minimum atomic E-state index is -0.810. The van der Waals surface area contributed by atoms with Gasteiger partial charge in [-0.3, -0.25) is 4.90 Å². The van der Waals surface area contributed by atoms with E-state index in [0.717, 1.165) is 12.8 Å². The lowest BCUT2D eigenvalue weighted by Crippen LogP contribution is -2.63. The van der Waals surface area contributed by atoms with E-state index in [9.17, 15) is 9.90 Å². The normalized spacial score (nSPS) is 29.0. The molecular weight excluding hydrogens is 328 g/mol. The summed E-state index contributed by atoms with van der Waals surface area (Å²) in [5.74, 6) is 0. The van der Waals surface area contributed by atoms with Crippen molar-refractivity contribution in [3.8, 4) is 0 Å². The molecule has 3 atom stereocenters. The number of ether oxygens (including phenoxy) is 1. The number of unbranched alkanes of at least 4 members (excludes halogenated alkanes) is 1. The predicted molar refractivity (Wildman–Crippen MR) is 102 cm³/mol. The maximum atomic E-state index is 12.4. The van der Waals surface area contributed by atoms with Crippen molar-refractivity contribution in [2.24, 2.45) is 0 Å². The second-order valence-electron chi connectivity index (χ2n) is 8.44. The maximum absolute atomic E-state index is 12.4. The van der Waals surface area contributed by atoms with E-state index in [4.69, 9.17) is 4.74 Å². The van der Waals surface area contributed by atoms with Gasteiger partial charge in [0.15, 0.2) is 0 Å². The van der Waals surface area contributed by atoms with E-state index in [1.807, 2.05) is 13.0 Å². The number of carbonyl (C=O) groups excluding carboxylic acids is 1. The molecule has 2 heterocycles. The van der Waals surface area contributed by atoms with Crippen LogP contribution in [-0.2, 0) is 10.3 Å². The highest BCUT2D eigenvalue weighted by Crippen LogP contribution is 2.45. The Morgan fingerprint density at radius 2 is 2.00 bits per heavy atom. The fraction of sp³-hybridized carbons (Fsp3) is 0.667. The lowest BCUT2D eigenvalue weighted by atomic mass is 9.88. The fourth-order valence-electron chi connectivity index (χ4n) is 4.63. The van der Waals surface area contributed by atoms with Crippen LogP contribution in [0.2, 0.25) is 0 Å². The predicted octanol–water partition coefficient (Wildman–Crippen LogP) is 3.37. The third-order valence-corrected chi connectivity index (χ3v) is 6.03. The topological polar surface area (TPSA) is 53.0 Å². The van der Waals surface area contributed by atoms with Gasteiger partial charge < -0.3 is 14.7 Å². The molecule has 2 aliphatic heterocycles. The molecule has 26 heavy (non-hydrogen) atoms. The highest BCUT2D eigenvalue weighted by Gasteiger charge is 2.57. The van der Waals surface area contributed by atoms with Gasteiger partial charge in [0, 0.05) is 24.7 Å². The minimum Gasteiger partial charge on any atom is -0.449 e. The molecule has 0 radical (unpaired) electrons. The van der Waals surface area contributed by atoms with E-state index in [1.54, 1.807) is 4.90 Å².